The lowest BCUT2D eigenvalue weighted by molar-refractivity contribution is -0.138. The first-order valence-corrected chi connectivity index (χ1v) is 15.5. The number of carbonyl (C=O) groups is 4. The molecule has 0 aliphatic carbocycles. The molecule has 1 fully saturated rings. The Balaban J connectivity index is 1.34. The highest BCUT2D eigenvalue weighted by molar-refractivity contribution is 6.01. The lowest BCUT2D eigenvalue weighted by Gasteiger charge is -2.30. The number of fused-ring (bicyclic) bond motifs is 2. The van der Waals surface area contributed by atoms with Crippen LogP contribution in [0.5, 0.6) is 11.5 Å². The van der Waals surface area contributed by atoms with Crippen LogP contribution in [0.1, 0.15) is 47.2 Å². The Labute approximate surface area is 263 Å². The molecule has 0 spiro atoms. The molecule has 10 heteroatoms. The monoisotopic (exact) mass is 612 g/mol. The van der Waals surface area contributed by atoms with Crippen LogP contribution in [0.3, 0.4) is 0 Å². The van der Waals surface area contributed by atoms with Crippen molar-refractivity contribution in [2.45, 2.75) is 56.7 Å². The Morgan fingerprint density at radius 2 is 1.76 bits per heavy atom. The van der Waals surface area contributed by atoms with E-state index in [0.29, 0.717) is 38.1 Å². The maximum atomic E-state index is 13.9. The average molecular weight is 613 g/mol. The summed E-state index contributed by atoms with van der Waals surface area (Å²) < 4.78 is 11.4. The summed E-state index contributed by atoms with van der Waals surface area (Å²) in [5, 5.41) is 8.50. The molecule has 1 saturated heterocycles. The summed E-state index contributed by atoms with van der Waals surface area (Å²) in [6.07, 6.45) is 2.89. The molecule has 3 N–H and O–H groups in total. The molecule has 3 aromatic carbocycles. The van der Waals surface area contributed by atoms with Gasteiger partial charge in [-0.3, -0.25) is 19.2 Å². The highest BCUT2D eigenvalue weighted by Gasteiger charge is 2.36. The fourth-order valence-corrected chi connectivity index (χ4v) is 5.85. The summed E-state index contributed by atoms with van der Waals surface area (Å²) >= 11 is 0. The first kappa shape index (κ1) is 31.6. The van der Waals surface area contributed by atoms with Crippen LogP contribution in [-0.2, 0) is 27.2 Å². The molecule has 236 valence electrons. The second-order valence-electron chi connectivity index (χ2n) is 11.4. The summed E-state index contributed by atoms with van der Waals surface area (Å²) in [6, 6.07) is 21.8. The molecule has 2 aliphatic rings. The van der Waals surface area contributed by atoms with Gasteiger partial charge >= 0.3 is 0 Å². The normalized spacial score (nSPS) is 20.5. The van der Waals surface area contributed by atoms with E-state index in [2.05, 4.69) is 16.0 Å². The van der Waals surface area contributed by atoms with E-state index in [1.54, 1.807) is 36.3 Å². The van der Waals surface area contributed by atoms with Crippen molar-refractivity contribution >= 4 is 23.6 Å². The number of aryl methyl sites for hydroxylation is 1. The lowest BCUT2D eigenvalue weighted by atomic mass is 10.0. The van der Waals surface area contributed by atoms with Crippen LogP contribution in [0.4, 0.5) is 0 Å². The summed E-state index contributed by atoms with van der Waals surface area (Å²) in [5.74, 6) is -0.579. The number of hydrogen-bond acceptors (Lipinski definition) is 6. The first-order chi connectivity index (χ1) is 21.9. The zero-order valence-corrected chi connectivity index (χ0v) is 25.5. The smallest absolute Gasteiger partial charge is 0.255 e. The van der Waals surface area contributed by atoms with Crippen molar-refractivity contribution in [3.05, 3.63) is 95.6 Å². The van der Waals surface area contributed by atoms with Crippen LogP contribution >= 0.6 is 0 Å². The van der Waals surface area contributed by atoms with Crippen LogP contribution in [0, 0.1) is 0 Å². The zero-order chi connectivity index (χ0) is 31.6. The standard InChI is InChI=1S/C35H40N4O6/c1-44-27-15-7-12-24(20-27)13-8-18-36-34(42)29-22-32(40)37-30(21-25-10-3-2-4-11-25)35(43)39-19-9-14-26(39)23-45-31-17-6-5-16-28(31)33(41)38-29/h2-7,10-12,15-17,20,26,29-30H,8-9,13-14,18-19,21-23H2,1H3,(H,36,42)(H,37,40)(H,38,41)/t26-,29+,30+/m1/s1. The Hall–Kier alpha value is -4.86. The fraction of sp³-hybridized carbons (Fsp3) is 0.371. The summed E-state index contributed by atoms with van der Waals surface area (Å²) in [6.45, 7) is 1.10. The third-order valence-electron chi connectivity index (χ3n) is 8.23. The van der Waals surface area contributed by atoms with E-state index in [-0.39, 0.29) is 30.5 Å². The summed E-state index contributed by atoms with van der Waals surface area (Å²) in [4.78, 5) is 56.0. The van der Waals surface area contributed by atoms with Gasteiger partial charge in [-0.25, -0.2) is 0 Å². The zero-order valence-electron chi connectivity index (χ0n) is 25.5. The van der Waals surface area contributed by atoms with Crippen molar-refractivity contribution in [1.82, 2.24) is 20.9 Å². The van der Waals surface area contributed by atoms with Gasteiger partial charge in [0.1, 0.15) is 30.2 Å². The van der Waals surface area contributed by atoms with Crippen molar-refractivity contribution in [2.75, 3.05) is 26.8 Å². The maximum Gasteiger partial charge on any atom is 0.255 e. The summed E-state index contributed by atoms with van der Waals surface area (Å²) in [5.41, 5.74) is 2.22. The van der Waals surface area contributed by atoms with Crippen molar-refractivity contribution in [1.29, 1.82) is 0 Å². The lowest BCUT2D eigenvalue weighted by Crippen LogP contribution is -2.54. The van der Waals surface area contributed by atoms with Gasteiger partial charge in [0.2, 0.25) is 17.7 Å². The Morgan fingerprint density at radius 1 is 0.978 bits per heavy atom. The number of hydrogen-bond donors (Lipinski definition) is 3. The van der Waals surface area contributed by atoms with Gasteiger partial charge in [0.05, 0.1) is 25.1 Å². The highest BCUT2D eigenvalue weighted by atomic mass is 16.5. The first-order valence-electron chi connectivity index (χ1n) is 15.5. The third kappa shape index (κ3) is 8.41. The second-order valence-corrected chi connectivity index (χ2v) is 11.4. The molecule has 0 saturated carbocycles. The van der Waals surface area contributed by atoms with E-state index in [9.17, 15) is 19.2 Å². The molecule has 3 atom stereocenters. The molecule has 45 heavy (non-hydrogen) atoms. The second kappa shape index (κ2) is 15.2. The van der Waals surface area contributed by atoms with Crippen molar-refractivity contribution in [2.24, 2.45) is 0 Å². The number of benzene rings is 3. The van der Waals surface area contributed by atoms with Gasteiger partial charge in [0.15, 0.2) is 0 Å². The number of carbonyl (C=O) groups excluding carboxylic acids is 4. The Kier molecular flexibility index (Phi) is 10.7. The van der Waals surface area contributed by atoms with Crippen molar-refractivity contribution < 1.29 is 28.7 Å². The topological polar surface area (TPSA) is 126 Å². The quantitative estimate of drug-likeness (QED) is 0.336. The minimum Gasteiger partial charge on any atom is -0.497 e. The SMILES string of the molecule is COc1cccc(CCCNC(=O)[C@@H]2CC(=O)N[C@@H](Cc3ccccc3)C(=O)N3CCC[C@@H]3COc3ccccc3C(=O)N2)c1. The number of methoxy groups -OCH3 is 1. The Morgan fingerprint density at radius 3 is 2.58 bits per heavy atom. The summed E-state index contributed by atoms with van der Waals surface area (Å²) in [7, 11) is 1.61. The van der Waals surface area contributed by atoms with Gasteiger partial charge in [-0.2, -0.15) is 0 Å². The number of rotatable bonds is 8. The van der Waals surface area contributed by atoms with Gasteiger partial charge < -0.3 is 30.3 Å². The van der Waals surface area contributed by atoms with Crippen LogP contribution in [0.25, 0.3) is 0 Å². The molecule has 4 amide bonds. The number of para-hydroxylation sites is 1. The average Bonchev–Trinajstić information content (AvgIpc) is 3.53. The maximum absolute atomic E-state index is 13.9. The van der Waals surface area contributed by atoms with E-state index in [0.717, 1.165) is 29.7 Å². The van der Waals surface area contributed by atoms with Crippen LogP contribution in [0.2, 0.25) is 0 Å². The van der Waals surface area contributed by atoms with E-state index in [1.165, 1.54) is 0 Å². The van der Waals surface area contributed by atoms with Gasteiger partial charge in [0.25, 0.3) is 5.91 Å². The molecule has 2 heterocycles. The van der Waals surface area contributed by atoms with Gasteiger partial charge in [-0.05, 0) is 61.1 Å². The van der Waals surface area contributed by atoms with E-state index in [1.807, 2.05) is 54.6 Å². The molecular weight excluding hydrogens is 572 g/mol. The molecule has 2 aliphatic heterocycles. The molecular formula is C35H40N4O6. The number of amides is 4. The van der Waals surface area contributed by atoms with Gasteiger partial charge in [-0.15, -0.1) is 0 Å². The van der Waals surface area contributed by atoms with Crippen molar-refractivity contribution in [3.63, 3.8) is 0 Å². The predicted molar refractivity (Wildman–Crippen MR) is 169 cm³/mol. The molecule has 3 aromatic rings. The molecule has 0 unspecified atom stereocenters. The third-order valence-corrected chi connectivity index (χ3v) is 8.23. The number of nitrogens with one attached hydrogen (secondary N) is 3. The number of ether oxygens (including phenoxy) is 2. The highest BCUT2D eigenvalue weighted by Crippen LogP contribution is 2.24. The molecule has 10 nitrogen and oxygen atoms in total. The predicted octanol–water partition coefficient (Wildman–Crippen LogP) is 3.04. The van der Waals surface area contributed by atoms with Gasteiger partial charge in [0, 0.05) is 19.5 Å². The molecule has 0 radical (unpaired) electrons. The van der Waals surface area contributed by atoms with Crippen molar-refractivity contribution in [3.8, 4) is 11.5 Å². The fourth-order valence-electron chi connectivity index (χ4n) is 5.85. The number of nitrogens with zero attached hydrogens (tertiary/aromatic N) is 1. The molecule has 5 rings (SSSR count). The minimum absolute atomic E-state index is 0.189. The van der Waals surface area contributed by atoms with E-state index >= 15 is 0 Å². The van der Waals surface area contributed by atoms with E-state index < -0.39 is 29.8 Å². The molecule has 0 aromatic heterocycles. The Bertz CT molecular complexity index is 1500. The van der Waals surface area contributed by atoms with E-state index in [4.69, 9.17) is 9.47 Å². The van der Waals surface area contributed by atoms with Crippen LogP contribution in [-0.4, -0.2) is 73.5 Å². The molecule has 0 bridgehead atoms. The minimum atomic E-state index is -1.17. The van der Waals surface area contributed by atoms with Crippen LogP contribution < -0.4 is 25.4 Å². The van der Waals surface area contributed by atoms with Gasteiger partial charge in [-0.1, -0.05) is 54.6 Å². The van der Waals surface area contributed by atoms with Crippen LogP contribution in [0.15, 0.2) is 78.9 Å². The largest absolute Gasteiger partial charge is 0.497 e.